The number of anilines is 1. The molecule has 2 aromatic heterocycles. The Morgan fingerprint density at radius 1 is 1.33 bits per heavy atom. The molecule has 0 unspecified atom stereocenters. The first kappa shape index (κ1) is 11.2. The van der Waals surface area contributed by atoms with Crippen molar-refractivity contribution in [1.82, 2.24) is 19.6 Å². The topological polar surface area (TPSA) is 80.5 Å². The van der Waals surface area contributed by atoms with E-state index in [-0.39, 0.29) is 0 Å². The molecule has 3 aromatic rings. The van der Waals surface area contributed by atoms with Crippen LogP contribution in [0.4, 0.5) is 5.69 Å². The molecule has 18 heavy (non-hydrogen) atoms. The number of hydrogen-bond donors (Lipinski definition) is 2. The maximum absolute atomic E-state index is 5.91. The number of H-pyrrole nitrogens is 1. The summed E-state index contributed by atoms with van der Waals surface area (Å²) in [5.41, 5.74) is 9.30. The van der Waals surface area contributed by atoms with E-state index in [9.17, 15) is 0 Å². The molecule has 0 atom stereocenters. The number of fused-ring (bicyclic) bond motifs is 1. The average Bonchev–Trinajstić information content (AvgIpc) is 2.95. The molecule has 0 radical (unpaired) electrons. The van der Waals surface area contributed by atoms with Crippen molar-refractivity contribution in [2.75, 3.05) is 5.73 Å². The predicted molar refractivity (Wildman–Crippen MR) is 73.5 cm³/mol. The van der Waals surface area contributed by atoms with E-state index in [4.69, 9.17) is 5.73 Å². The van der Waals surface area contributed by atoms with Gasteiger partial charge >= 0.3 is 0 Å². The van der Waals surface area contributed by atoms with Gasteiger partial charge in [-0.3, -0.25) is 0 Å². The quantitative estimate of drug-likeness (QED) is 0.693. The summed E-state index contributed by atoms with van der Waals surface area (Å²) in [6.07, 6.45) is 0. The van der Waals surface area contributed by atoms with Crippen LogP contribution in [0.25, 0.3) is 21.7 Å². The van der Waals surface area contributed by atoms with Gasteiger partial charge in [-0.05, 0) is 29.6 Å². The van der Waals surface area contributed by atoms with Crippen molar-refractivity contribution in [2.45, 2.75) is 19.8 Å². The van der Waals surface area contributed by atoms with Crippen molar-refractivity contribution in [3.8, 4) is 10.7 Å². The van der Waals surface area contributed by atoms with Crippen molar-refractivity contribution < 1.29 is 0 Å². The summed E-state index contributed by atoms with van der Waals surface area (Å²) in [6.45, 7) is 4.19. The lowest BCUT2D eigenvalue weighted by molar-refractivity contribution is 0.813. The van der Waals surface area contributed by atoms with Crippen LogP contribution in [-0.4, -0.2) is 19.6 Å². The smallest absolute Gasteiger partial charge is 0.152 e. The lowest BCUT2D eigenvalue weighted by Crippen LogP contribution is -1.91. The average molecular weight is 259 g/mol. The summed E-state index contributed by atoms with van der Waals surface area (Å²) in [5.74, 6) is 1.12. The summed E-state index contributed by atoms with van der Waals surface area (Å²) in [7, 11) is 0. The fourth-order valence-corrected chi connectivity index (χ4v) is 2.67. The van der Waals surface area contributed by atoms with Crippen LogP contribution in [0.5, 0.6) is 0 Å². The van der Waals surface area contributed by atoms with Gasteiger partial charge in [0.2, 0.25) is 0 Å². The highest BCUT2D eigenvalue weighted by molar-refractivity contribution is 7.09. The lowest BCUT2D eigenvalue weighted by atomic mass is 10.1. The number of nitrogen functional groups attached to an aromatic ring is 1. The van der Waals surface area contributed by atoms with E-state index in [1.165, 1.54) is 11.5 Å². The van der Waals surface area contributed by atoms with E-state index in [1.807, 2.05) is 18.2 Å². The Balaban J connectivity index is 2.20. The van der Waals surface area contributed by atoms with E-state index in [2.05, 4.69) is 33.4 Å². The highest BCUT2D eigenvalue weighted by atomic mass is 32.1. The molecular weight excluding hydrogens is 246 g/mol. The van der Waals surface area contributed by atoms with Crippen molar-refractivity contribution in [1.29, 1.82) is 0 Å². The van der Waals surface area contributed by atoms with Crippen molar-refractivity contribution in [3.05, 3.63) is 23.9 Å². The monoisotopic (exact) mass is 259 g/mol. The largest absolute Gasteiger partial charge is 0.397 e. The van der Waals surface area contributed by atoms with E-state index >= 15 is 0 Å². The molecule has 92 valence electrons. The molecular formula is C12H13N5S. The zero-order valence-electron chi connectivity index (χ0n) is 10.1. The number of aromatic amines is 1. The number of nitrogens with two attached hydrogens (primary N) is 1. The third-order valence-electron chi connectivity index (χ3n) is 2.82. The fraction of sp³-hybridized carbons (Fsp3) is 0.250. The minimum absolute atomic E-state index is 0.323. The van der Waals surface area contributed by atoms with Gasteiger partial charge in [0, 0.05) is 0 Å². The Kier molecular flexibility index (Phi) is 2.52. The Morgan fingerprint density at radius 3 is 2.89 bits per heavy atom. The third-order valence-corrected chi connectivity index (χ3v) is 3.57. The minimum atomic E-state index is 0.323. The highest BCUT2D eigenvalue weighted by Crippen LogP contribution is 2.31. The Hall–Kier alpha value is -1.95. The first-order valence-corrected chi connectivity index (χ1v) is 6.51. The number of rotatable bonds is 2. The molecule has 1 aromatic carbocycles. The first-order chi connectivity index (χ1) is 8.66. The number of nitrogens with one attached hydrogen (secondary N) is 1. The van der Waals surface area contributed by atoms with Crippen LogP contribution in [0.1, 0.15) is 25.5 Å². The number of imidazole rings is 1. The summed E-state index contributed by atoms with van der Waals surface area (Å²) in [6, 6.07) is 5.72. The highest BCUT2D eigenvalue weighted by Gasteiger charge is 2.17. The standard InChI is InChI=1S/C12H13N5S/c1-6(2)9-11(18-17-16-9)12-14-8-5-3-4-7(13)10(8)15-12/h3-6H,13H2,1-2H3,(H,14,15). The molecule has 0 saturated carbocycles. The molecule has 6 heteroatoms. The minimum Gasteiger partial charge on any atom is -0.397 e. The van der Waals surface area contributed by atoms with Crippen LogP contribution in [0.2, 0.25) is 0 Å². The second-order valence-corrected chi connectivity index (χ2v) is 5.22. The Morgan fingerprint density at radius 2 is 2.17 bits per heavy atom. The molecule has 3 N–H and O–H groups in total. The predicted octanol–water partition coefficient (Wildman–Crippen LogP) is 2.79. The lowest BCUT2D eigenvalue weighted by Gasteiger charge is -2.00. The summed E-state index contributed by atoms with van der Waals surface area (Å²) in [5, 5.41) is 4.16. The molecule has 0 amide bonds. The molecule has 0 spiro atoms. The van der Waals surface area contributed by atoms with E-state index in [0.29, 0.717) is 11.6 Å². The SMILES string of the molecule is CC(C)c1nnsc1-c1nc2c(N)cccc2[nH]1. The van der Waals surface area contributed by atoms with Crippen LogP contribution in [-0.2, 0) is 0 Å². The van der Waals surface area contributed by atoms with Gasteiger partial charge in [0.25, 0.3) is 0 Å². The Labute approximate surface area is 108 Å². The summed E-state index contributed by atoms with van der Waals surface area (Å²) < 4.78 is 4.01. The van der Waals surface area contributed by atoms with E-state index < -0.39 is 0 Å². The maximum atomic E-state index is 5.91. The van der Waals surface area contributed by atoms with Gasteiger partial charge in [-0.15, -0.1) is 5.10 Å². The van der Waals surface area contributed by atoms with Crippen LogP contribution in [0.15, 0.2) is 18.2 Å². The molecule has 0 aliphatic heterocycles. The zero-order chi connectivity index (χ0) is 12.7. The van der Waals surface area contributed by atoms with Crippen LogP contribution in [0, 0.1) is 0 Å². The number of nitrogens with zero attached hydrogens (tertiary/aromatic N) is 3. The van der Waals surface area contributed by atoms with E-state index in [0.717, 1.165) is 27.4 Å². The van der Waals surface area contributed by atoms with Crippen molar-refractivity contribution in [3.63, 3.8) is 0 Å². The van der Waals surface area contributed by atoms with Crippen molar-refractivity contribution >= 4 is 28.3 Å². The number of benzene rings is 1. The van der Waals surface area contributed by atoms with Gasteiger partial charge < -0.3 is 10.7 Å². The van der Waals surface area contributed by atoms with Crippen LogP contribution < -0.4 is 5.73 Å². The first-order valence-electron chi connectivity index (χ1n) is 5.73. The maximum Gasteiger partial charge on any atom is 0.152 e. The summed E-state index contributed by atoms with van der Waals surface area (Å²) >= 11 is 1.36. The van der Waals surface area contributed by atoms with E-state index in [1.54, 1.807) is 0 Å². The van der Waals surface area contributed by atoms with Gasteiger partial charge in [-0.1, -0.05) is 24.4 Å². The number of hydrogen-bond acceptors (Lipinski definition) is 5. The number of aromatic nitrogens is 4. The molecule has 3 rings (SSSR count). The van der Waals surface area contributed by atoms with Crippen LogP contribution >= 0.6 is 11.5 Å². The van der Waals surface area contributed by atoms with Crippen molar-refractivity contribution in [2.24, 2.45) is 0 Å². The second kappa shape index (κ2) is 4.06. The zero-order valence-corrected chi connectivity index (χ0v) is 11.0. The summed E-state index contributed by atoms with van der Waals surface area (Å²) in [4.78, 5) is 8.81. The molecule has 0 fully saturated rings. The second-order valence-electron chi connectivity index (χ2n) is 4.47. The van der Waals surface area contributed by atoms with Gasteiger partial charge in [-0.25, -0.2) is 4.98 Å². The molecule has 0 bridgehead atoms. The molecule has 0 saturated heterocycles. The molecule has 0 aliphatic carbocycles. The number of para-hydroxylation sites is 1. The van der Waals surface area contributed by atoms with Gasteiger partial charge in [0.15, 0.2) is 5.82 Å². The van der Waals surface area contributed by atoms with Gasteiger partial charge in [0.1, 0.15) is 10.4 Å². The normalized spacial score (nSPS) is 11.5. The van der Waals surface area contributed by atoms with Gasteiger partial charge in [0.05, 0.1) is 16.9 Å². The molecule has 2 heterocycles. The Bertz CT molecular complexity index is 697. The van der Waals surface area contributed by atoms with Crippen LogP contribution in [0.3, 0.4) is 0 Å². The van der Waals surface area contributed by atoms with Gasteiger partial charge in [-0.2, -0.15) is 0 Å². The molecule has 5 nitrogen and oxygen atoms in total. The third kappa shape index (κ3) is 1.65. The fourth-order valence-electron chi connectivity index (χ4n) is 1.90. The molecule has 0 aliphatic rings.